The number of aromatic nitrogens is 2. The zero-order chi connectivity index (χ0) is 19.3. The zero-order valence-electron chi connectivity index (χ0n) is 16.4. The van der Waals surface area contributed by atoms with Crippen molar-refractivity contribution < 1.29 is 9.31 Å². The third-order valence-corrected chi connectivity index (χ3v) is 6.45. The summed E-state index contributed by atoms with van der Waals surface area (Å²) < 4.78 is 16.3. The van der Waals surface area contributed by atoms with E-state index < -0.39 is 18.3 Å². The summed E-state index contributed by atoms with van der Waals surface area (Å²) in [5.41, 5.74) is 5.72. The number of nitriles is 1. The Balaban J connectivity index is 1.83. The molecule has 0 unspecified atom stereocenters. The largest absolute Gasteiger partial charge is 0.500 e. The van der Waals surface area contributed by atoms with E-state index in [9.17, 15) is 5.26 Å². The van der Waals surface area contributed by atoms with Crippen molar-refractivity contribution in [3.05, 3.63) is 6.20 Å². The van der Waals surface area contributed by atoms with Gasteiger partial charge in [-0.3, -0.25) is 4.68 Å². The van der Waals surface area contributed by atoms with Crippen molar-refractivity contribution in [3.63, 3.8) is 0 Å². The second kappa shape index (κ2) is 6.45. The van der Waals surface area contributed by atoms with Crippen molar-refractivity contribution in [1.29, 1.82) is 5.26 Å². The van der Waals surface area contributed by atoms with Gasteiger partial charge in [0.25, 0.3) is 0 Å². The second-order valence-corrected chi connectivity index (χ2v) is 10.2. The van der Waals surface area contributed by atoms with E-state index in [2.05, 4.69) is 29.3 Å². The van der Waals surface area contributed by atoms with Crippen molar-refractivity contribution in [1.82, 2.24) is 14.1 Å². The van der Waals surface area contributed by atoms with Gasteiger partial charge in [0.2, 0.25) is 0 Å². The molecule has 0 radical (unpaired) electrons. The van der Waals surface area contributed by atoms with E-state index in [0.29, 0.717) is 17.5 Å². The third kappa shape index (κ3) is 3.24. The number of hydrogen-bond acceptors (Lipinski definition) is 7. The van der Waals surface area contributed by atoms with E-state index >= 15 is 0 Å². The third-order valence-electron chi connectivity index (χ3n) is 5.48. The number of nitrogens with zero attached hydrogens (tertiary/aromatic N) is 4. The number of rotatable bonds is 5. The van der Waals surface area contributed by atoms with Crippen LogP contribution in [0.2, 0.25) is 0 Å². The van der Waals surface area contributed by atoms with Gasteiger partial charge in [0.05, 0.1) is 23.7 Å². The van der Waals surface area contributed by atoms with Crippen LogP contribution in [0.25, 0.3) is 0 Å². The minimum absolute atomic E-state index is 0.341. The minimum atomic E-state index is -0.547. The molecule has 3 heterocycles. The molecule has 0 amide bonds. The monoisotopic (exact) mass is 377 g/mol. The lowest BCUT2D eigenvalue weighted by atomic mass is 9.80. The van der Waals surface area contributed by atoms with Crippen molar-refractivity contribution >= 4 is 30.3 Å². The molecule has 2 saturated heterocycles. The Labute approximate surface area is 160 Å². The highest BCUT2D eigenvalue weighted by Gasteiger charge is 2.53. The first-order valence-corrected chi connectivity index (χ1v) is 9.83. The van der Waals surface area contributed by atoms with Crippen LogP contribution in [0, 0.1) is 11.3 Å². The highest BCUT2D eigenvalue weighted by atomic mass is 32.2. The van der Waals surface area contributed by atoms with E-state index in [0.717, 1.165) is 18.6 Å². The molecule has 2 fully saturated rings. The normalized spacial score (nSPS) is 23.8. The van der Waals surface area contributed by atoms with Crippen LogP contribution in [0.4, 0.5) is 5.82 Å². The van der Waals surface area contributed by atoms with Crippen LogP contribution < -0.4 is 11.2 Å². The van der Waals surface area contributed by atoms with Crippen molar-refractivity contribution in [2.45, 2.75) is 70.0 Å². The van der Waals surface area contributed by atoms with Crippen molar-refractivity contribution in [2.75, 3.05) is 18.8 Å². The summed E-state index contributed by atoms with van der Waals surface area (Å²) in [7, 11) is -0.547. The van der Waals surface area contributed by atoms with Gasteiger partial charge in [0.1, 0.15) is 11.4 Å². The number of nitrogen functional groups attached to an aromatic ring is 1. The first-order valence-electron chi connectivity index (χ1n) is 8.99. The van der Waals surface area contributed by atoms with E-state index in [1.54, 1.807) is 11.9 Å². The number of anilines is 1. The molecule has 2 N–H and O–H groups in total. The summed E-state index contributed by atoms with van der Waals surface area (Å²) in [5.74, 6) is 0.399. The Morgan fingerprint density at radius 2 is 1.88 bits per heavy atom. The van der Waals surface area contributed by atoms with Gasteiger partial charge in [0, 0.05) is 30.0 Å². The average Bonchev–Trinajstić information content (AvgIpc) is 2.94. The molecule has 2 aliphatic heterocycles. The molecule has 1 aromatic heterocycles. The molecule has 0 saturated carbocycles. The van der Waals surface area contributed by atoms with Crippen molar-refractivity contribution in [2.24, 2.45) is 0 Å². The quantitative estimate of drug-likeness (QED) is 0.618. The highest BCUT2D eigenvalue weighted by Crippen LogP contribution is 2.39. The summed E-state index contributed by atoms with van der Waals surface area (Å²) in [6.07, 6.45) is 2.29. The van der Waals surface area contributed by atoms with Gasteiger partial charge < -0.3 is 15.0 Å². The maximum Gasteiger partial charge on any atom is 0.500 e. The van der Waals surface area contributed by atoms with Gasteiger partial charge in [-0.05, 0) is 27.7 Å². The van der Waals surface area contributed by atoms with Gasteiger partial charge in [-0.2, -0.15) is 10.4 Å². The molecule has 1 aromatic rings. The Hall–Kier alpha value is -1.21. The smallest absolute Gasteiger partial charge is 0.399 e. The summed E-state index contributed by atoms with van der Waals surface area (Å²) in [5, 5.41) is 14.4. The summed E-state index contributed by atoms with van der Waals surface area (Å²) in [4.78, 5) is 0. The van der Waals surface area contributed by atoms with Crippen LogP contribution in [0.5, 0.6) is 0 Å². The second-order valence-electron chi connectivity index (χ2n) is 8.51. The maximum atomic E-state index is 9.32. The molecule has 142 valence electrons. The Bertz CT molecular complexity index is 705. The first kappa shape index (κ1) is 19.6. The molecule has 9 heteroatoms. The number of hydrogen-bond donors (Lipinski definition) is 1. The molecule has 0 aromatic carbocycles. The van der Waals surface area contributed by atoms with Crippen LogP contribution in [-0.4, -0.2) is 50.7 Å². The average molecular weight is 377 g/mol. The van der Waals surface area contributed by atoms with Gasteiger partial charge in [0.15, 0.2) is 0 Å². The molecule has 7 nitrogen and oxygen atoms in total. The summed E-state index contributed by atoms with van der Waals surface area (Å²) in [6.45, 7) is 13.9. The van der Waals surface area contributed by atoms with Crippen LogP contribution in [-0.2, 0) is 14.8 Å². The molecule has 0 bridgehead atoms. The Morgan fingerprint density at radius 1 is 1.31 bits per heavy atom. The fourth-order valence-electron chi connectivity index (χ4n) is 3.26. The fraction of sp³-hybridized carbons (Fsp3) is 0.765. The molecular weight excluding hydrogens is 349 g/mol. The summed E-state index contributed by atoms with van der Waals surface area (Å²) >= 11 is 1.80. The predicted octanol–water partition coefficient (Wildman–Crippen LogP) is 1.75. The topological polar surface area (TPSA) is 89.3 Å². The van der Waals surface area contributed by atoms with Crippen molar-refractivity contribution in [3.8, 4) is 6.07 Å². The minimum Gasteiger partial charge on any atom is -0.399 e. The highest BCUT2D eigenvalue weighted by molar-refractivity contribution is 7.97. The van der Waals surface area contributed by atoms with Gasteiger partial charge >= 0.3 is 7.12 Å². The molecule has 0 aliphatic carbocycles. The van der Waals surface area contributed by atoms with Gasteiger partial charge in [-0.25, -0.2) is 4.31 Å². The fourth-order valence-corrected chi connectivity index (χ4v) is 4.49. The molecule has 0 atom stereocenters. The molecule has 26 heavy (non-hydrogen) atoms. The van der Waals surface area contributed by atoms with E-state index in [-0.39, 0.29) is 5.54 Å². The molecule has 2 aliphatic rings. The number of nitrogens with two attached hydrogens (primary N) is 1. The molecular formula is C17H28BN5O2S. The standard InChI is InChI=1S/C17H28BN5O2S/c1-12(2)26-22-10-17(11-22,7-8-19)23-9-13(14(20)21-23)18-24-15(3,4)16(5,6)25-18/h9,12H,7,10-11H2,1-6H3,(H2,20,21). The van der Waals surface area contributed by atoms with E-state index in [4.69, 9.17) is 15.0 Å². The lowest BCUT2D eigenvalue weighted by molar-refractivity contribution is 0.00578. The lowest BCUT2D eigenvalue weighted by Gasteiger charge is -2.48. The predicted molar refractivity (Wildman–Crippen MR) is 105 cm³/mol. The van der Waals surface area contributed by atoms with E-state index in [1.165, 1.54) is 0 Å². The molecule has 0 spiro atoms. The zero-order valence-corrected chi connectivity index (χ0v) is 17.3. The van der Waals surface area contributed by atoms with Crippen LogP contribution in [0.3, 0.4) is 0 Å². The van der Waals surface area contributed by atoms with Crippen LogP contribution >= 0.6 is 11.9 Å². The SMILES string of the molecule is CC(C)SN1CC(CC#N)(n2cc(B3OC(C)(C)C(C)(C)O3)c(N)n2)C1. The van der Waals surface area contributed by atoms with Gasteiger partial charge in [-0.15, -0.1) is 0 Å². The summed E-state index contributed by atoms with van der Waals surface area (Å²) in [6, 6.07) is 2.31. The Kier molecular flexibility index (Phi) is 4.85. The lowest BCUT2D eigenvalue weighted by Crippen LogP contribution is -2.60. The van der Waals surface area contributed by atoms with Gasteiger partial charge in [-0.1, -0.05) is 25.8 Å². The van der Waals surface area contributed by atoms with Crippen LogP contribution in [0.1, 0.15) is 48.0 Å². The maximum absolute atomic E-state index is 9.32. The molecule has 3 rings (SSSR count). The first-order chi connectivity index (χ1) is 12.0. The van der Waals surface area contributed by atoms with E-state index in [1.807, 2.05) is 38.6 Å². The van der Waals surface area contributed by atoms with Crippen LogP contribution in [0.15, 0.2) is 6.20 Å². The Morgan fingerprint density at radius 3 is 2.38 bits per heavy atom.